The van der Waals surface area contributed by atoms with Crippen LogP contribution in [-0.2, 0) is 5.41 Å². The molecule has 1 aliphatic rings. The Morgan fingerprint density at radius 3 is 1.43 bits per heavy atom. The van der Waals surface area contributed by atoms with Gasteiger partial charge in [0, 0.05) is 16.7 Å². The summed E-state index contributed by atoms with van der Waals surface area (Å²) < 4.78 is 0. The number of aromatic nitrogens is 3. The van der Waals surface area contributed by atoms with E-state index in [1.54, 1.807) is 0 Å². The van der Waals surface area contributed by atoms with E-state index in [0.717, 1.165) is 50.1 Å². The predicted octanol–water partition coefficient (Wildman–Crippen LogP) is 14.1. The number of nitrogens with zero attached hydrogens (tertiary/aromatic N) is 4. The molecular weight excluding hydrogens is 765 g/mol. The van der Waals surface area contributed by atoms with Gasteiger partial charge in [0.1, 0.15) is 0 Å². The van der Waals surface area contributed by atoms with Crippen molar-refractivity contribution in [2.45, 2.75) is 5.41 Å². The molecule has 0 fully saturated rings. The van der Waals surface area contributed by atoms with Crippen molar-refractivity contribution >= 4 is 0 Å². The van der Waals surface area contributed by atoms with Gasteiger partial charge in [-0.15, -0.1) is 0 Å². The molecule has 0 aliphatic heterocycles. The Kier molecular flexibility index (Phi) is 9.41. The van der Waals surface area contributed by atoms with Crippen LogP contribution in [0.2, 0.25) is 0 Å². The maximum atomic E-state index is 9.77. The lowest BCUT2D eigenvalue weighted by molar-refractivity contribution is 0.769. The zero-order chi connectivity index (χ0) is 42.2. The Morgan fingerprint density at radius 2 is 0.778 bits per heavy atom. The van der Waals surface area contributed by atoms with E-state index in [1.807, 2.05) is 54.6 Å². The zero-order valence-electron chi connectivity index (χ0n) is 34.2. The second-order valence-corrected chi connectivity index (χ2v) is 15.8. The van der Waals surface area contributed by atoms with E-state index in [-0.39, 0.29) is 0 Å². The number of rotatable bonds is 8. The highest BCUT2D eigenvalue weighted by atomic mass is 15.0. The first-order valence-corrected chi connectivity index (χ1v) is 21.2. The topological polar surface area (TPSA) is 62.5 Å². The molecule has 11 rings (SSSR count). The van der Waals surface area contributed by atoms with Crippen molar-refractivity contribution < 1.29 is 0 Å². The molecule has 4 heteroatoms. The van der Waals surface area contributed by atoms with Gasteiger partial charge in [0.2, 0.25) is 0 Å². The number of hydrogen-bond donors (Lipinski definition) is 0. The minimum atomic E-state index is -0.580. The fourth-order valence-corrected chi connectivity index (χ4v) is 9.40. The van der Waals surface area contributed by atoms with Gasteiger partial charge < -0.3 is 0 Å². The Bertz CT molecular complexity index is 3280. The Morgan fingerprint density at radius 1 is 0.302 bits per heavy atom. The number of benzene rings is 9. The minimum Gasteiger partial charge on any atom is -0.208 e. The van der Waals surface area contributed by atoms with Crippen LogP contribution in [0.15, 0.2) is 231 Å². The molecule has 63 heavy (non-hydrogen) atoms. The van der Waals surface area contributed by atoms with Gasteiger partial charge in [-0.3, -0.25) is 0 Å². The van der Waals surface area contributed by atoms with Crippen molar-refractivity contribution in [3.05, 3.63) is 258 Å². The van der Waals surface area contributed by atoms with E-state index in [0.29, 0.717) is 23.0 Å². The lowest BCUT2D eigenvalue weighted by Gasteiger charge is -2.34. The molecule has 1 heterocycles. The van der Waals surface area contributed by atoms with Crippen LogP contribution in [0.1, 0.15) is 27.8 Å². The summed E-state index contributed by atoms with van der Waals surface area (Å²) in [5.74, 6) is 1.79. The van der Waals surface area contributed by atoms with Crippen LogP contribution in [0.3, 0.4) is 0 Å². The summed E-state index contributed by atoms with van der Waals surface area (Å²) in [6.45, 7) is 0. The molecule has 0 unspecified atom stereocenters. The molecular formula is C59H38N4. The predicted molar refractivity (Wildman–Crippen MR) is 254 cm³/mol. The van der Waals surface area contributed by atoms with Crippen molar-refractivity contribution in [2.24, 2.45) is 0 Å². The average Bonchev–Trinajstić information content (AvgIpc) is 3.67. The molecule has 0 amide bonds. The maximum Gasteiger partial charge on any atom is 0.164 e. The molecule has 0 saturated carbocycles. The minimum absolute atomic E-state index is 0.580. The number of fused-ring (bicyclic) bond motifs is 3. The van der Waals surface area contributed by atoms with Gasteiger partial charge in [-0.25, -0.2) is 15.0 Å². The third kappa shape index (κ3) is 6.52. The lowest BCUT2D eigenvalue weighted by atomic mass is 9.67. The first-order valence-electron chi connectivity index (χ1n) is 21.2. The zero-order valence-corrected chi connectivity index (χ0v) is 34.2. The van der Waals surface area contributed by atoms with Crippen molar-refractivity contribution in [2.75, 3.05) is 0 Å². The van der Waals surface area contributed by atoms with Crippen LogP contribution in [-0.4, -0.2) is 15.0 Å². The Labute approximate surface area is 367 Å². The normalized spacial score (nSPS) is 12.2. The third-order valence-electron chi connectivity index (χ3n) is 12.3. The Hall–Kier alpha value is -8.52. The summed E-state index contributed by atoms with van der Waals surface area (Å²) in [6.07, 6.45) is 0. The van der Waals surface area contributed by atoms with E-state index in [4.69, 9.17) is 15.0 Å². The molecule has 10 aromatic rings. The highest BCUT2D eigenvalue weighted by Crippen LogP contribution is 2.58. The molecule has 0 bridgehead atoms. The third-order valence-corrected chi connectivity index (χ3v) is 12.3. The fraction of sp³-hybridized carbons (Fsp3) is 0.0169. The summed E-state index contributed by atoms with van der Waals surface area (Å²) in [4.78, 5) is 15.5. The van der Waals surface area contributed by atoms with Gasteiger partial charge in [-0.1, -0.05) is 200 Å². The maximum absolute atomic E-state index is 9.77. The summed E-state index contributed by atoms with van der Waals surface area (Å²) >= 11 is 0. The Balaban J connectivity index is 1.16. The van der Waals surface area contributed by atoms with Crippen molar-refractivity contribution in [1.82, 2.24) is 15.0 Å². The average molecular weight is 803 g/mol. The van der Waals surface area contributed by atoms with Crippen LogP contribution in [0, 0.1) is 11.3 Å². The van der Waals surface area contributed by atoms with Gasteiger partial charge in [0.15, 0.2) is 17.5 Å². The number of hydrogen-bond acceptors (Lipinski definition) is 4. The van der Waals surface area contributed by atoms with E-state index in [2.05, 4.69) is 182 Å². The van der Waals surface area contributed by atoms with Crippen molar-refractivity contribution in [3.63, 3.8) is 0 Å². The second-order valence-electron chi connectivity index (χ2n) is 15.8. The molecule has 4 nitrogen and oxygen atoms in total. The smallest absolute Gasteiger partial charge is 0.164 e. The molecule has 1 aliphatic carbocycles. The van der Waals surface area contributed by atoms with Gasteiger partial charge >= 0.3 is 0 Å². The van der Waals surface area contributed by atoms with Crippen molar-refractivity contribution in [3.8, 4) is 84.7 Å². The van der Waals surface area contributed by atoms with Crippen LogP contribution < -0.4 is 0 Å². The van der Waals surface area contributed by atoms with E-state index < -0.39 is 5.41 Å². The highest BCUT2D eigenvalue weighted by molar-refractivity contribution is 5.95. The van der Waals surface area contributed by atoms with Crippen LogP contribution in [0.5, 0.6) is 0 Å². The number of nitriles is 1. The molecule has 1 aromatic heterocycles. The molecule has 294 valence electrons. The lowest BCUT2D eigenvalue weighted by Crippen LogP contribution is -2.28. The van der Waals surface area contributed by atoms with Gasteiger partial charge in [0.05, 0.1) is 17.0 Å². The highest BCUT2D eigenvalue weighted by Gasteiger charge is 2.46. The van der Waals surface area contributed by atoms with Crippen LogP contribution >= 0.6 is 0 Å². The molecule has 0 atom stereocenters. The van der Waals surface area contributed by atoms with E-state index in [9.17, 15) is 5.26 Å². The van der Waals surface area contributed by atoms with Gasteiger partial charge in [-0.2, -0.15) is 5.26 Å². The van der Waals surface area contributed by atoms with E-state index >= 15 is 0 Å². The summed E-state index contributed by atoms with van der Waals surface area (Å²) in [6, 6.07) is 83.0. The van der Waals surface area contributed by atoms with Gasteiger partial charge in [-0.05, 0) is 97.1 Å². The first-order chi connectivity index (χ1) is 31.2. The van der Waals surface area contributed by atoms with Gasteiger partial charge in [0.25, 0.3) is 0 Å². The van der Waals surface area contributed by atoms with Crippen molar-refractivity contribution in [1.29, 1.82) is 5.26 Å². The first kappa shape index (κ1) is 37.5. The fourth-order valence-electron chi connectivity index (χ4n) is 9.40. The SMILES string of the molecule is N#Cc1ccc(-c2cc3c(cc2-c2cccc(-c4nc(-c5ccccc5)nc(-c5ccccc5-c5ccccc5)n4)c2)C(c2ccccc2)(c2ccccc2)c2ccccc2-3)cc1. The monoisotopic (exact) mass is 802 g/mol. The van der Waals surface area contributed by atoms with E-state index in [1.165, 1.54) is 33.4 Å². The standard InChI is InChI=1S/C59H38N4/c60-39-40-32-34-42(35-33-40)51-37-53-49-29-15-16-31-54(49)59(46-24-9-3-10-25-46,47-26-11-4-12-27-47)55(53)38-52(51)44-22-17-23-45(36-44)57-61-56(43-20-7-2-8-21-43)62-58(63-57)50-30-14-13-28-48(50)41-18-5-1-6-19-41/h1-38H. The molecule has 0 radical (unpaired) electrons. The summed E-state index contributed by atoms with van der Waals surface area (Å²) in [7, 11) is 0. The molecule has 0 saturated heterocycles. The second kappa shape index (κ2) is 15.8. The summed E-state index contributed by atoms with van der Waals surface area (Å²) in [5, 5.41) is 9.77. The quantitative estimate of drug-likeness (QED) is 0.153. The largest absolute Gasteiger partial charge is 0.208 e. The van der Waals surface area contributed by atoms with Crippen LogP contribution in [0.25, 0.3) is 78.7 Å². The molecule has 0 spiro atoms. The summed E-state index contributed by atoms with van der Waals surface area (Å²) in [5.41, 5.74) is 16.3. The van der Waals surface area contributed by atoms with Crippen LogP contribution in [0.4, 0.5) is 0 Å². The molecule has 9 aromatic carbocycles. The molecule has 0 N–H and O–H groups in total.